The molecule has 0 amide bonds. The van der Waals surface area contributed by atoms with Gasteiger partial charge >= 0.3 is 307 Å². The molecule has 0 radical (unpaired) electrons. The molecule has 0 bridgehead atoms. The fourth-order valence-corrected chi connectivity index (χ4v) is 37.3. The second-order valence-corrected chi connectivity index (χ2v) is 37.3. The van der Waals surface area contributed by atoms with Gasteiger partial charge in [0.1, 0.15) is 0 Å². The van der Waals surface area contributed by atoms with Gasteiger partial charge in [-0.15, -0.1) is 0 Å². The van der Waals surface area contributed by atoms with Crippen LogP contribution < -0.4 is 21.5 Å². The maximum atomic E-state index is 15.4. The van der Waals surface area contributed by atoms with E-state index in [2.05, 4.69) is 181 Å². The Morgan fingerprint density at radius 1 is 0.469 bits per heavy atom. The van der Waals surface area contributed by atoms with E-state index in [0.717, 1.165) is 15.6 Å². The summed E-state index contributed by atoms with van der Waals surface area (Å²) in [7, 11) is 1.77. The monoisotopic (exact) mass is 886 g/mol. The first-order valence-electron chi connectivity index (χ1n) is 16.2. The Kier molecular flexibility index (Phi) is 10.9. The van der Waals surface area contributed by atoms with Crippen LogP contribution >= 0.6 is 20.3 Å². The van der Waals surface area contributed by atoms with E-state index in [0.29, 0.717) is 4.91 Å². The van der Waals surface area contributed by atoms with Gasteiger partial charge in [-0.05, 0) is 0 Å². The zero-order valence-corrected chi connectivity index (χ0v) is 34.1. The van der Waals surface area contributed by atoms with E-state index < -0.39 is 35.8 Å². The molecule has 7 rings (SSSR count). The molecule has 0 spiro atoms. The molecule has 0 fully saturated rings. The molecule has 1 aromatic heterocycles. The van der Waals surface area contributed by atoms with Crippen LogP contribution in [0, 0.1) is 0 Å². The van der Waals surface area contributed by atoms with Crippen LogP contribution in [-0.4, -0.2) is 41.8 Å². The van der Waals surface area contributed by atoms with Gasteiger partial charge in [-0.1, -0.05) is 0 Å². The van der Waals surface area contributed by atoms with Gasteiger partial charge in [0.05, 0.1) is 0 Å². The summed E-state index contributed by atoms with van der Waals surface area (Å²) in [6.45, 7) is 0. The number of thiophene rings is 1. The second-order valence-electron chi connectivity index (χ2n) is 11.6. The number of carbonyl (C=O) groups is 1. The standard InChI is InChI=1S/C7H6O2S2.6C6H5.2Sn/c8-7(9)6(10)4-5-2-1-3-11-5;6*1-2-4-6-5-3-1;;/h1-4,10H,(H,8,9);6*1-5H;;/q;;;;;;;2*+1/p-2/b6-4+;;;;;;;;. The van der Waals surface area contributed by atoms with Gasteiger partial charge in [0.2, 0.25) is 0 Å². The van der Waals surface area contributed by atoms with E-state index in [1.807, 2.05) is 24.3 Å². The van der Waals surface area contributed by atoms with Crippen molar-refractivity contribution in [1.29, 1.82) is 0 Å². The van der Waals surface area contributed by atoms with Crippen LogP contribution in [0.5, 0.6) is 0 Å². The normalized spacial score (nSPS) is 12.0. The molecule has 0 atom stereocenters. The summed E-state index contributed by atoms with van der Waals surface area (Å²) in [6.07, 6.45) is 2.07. The number of hydrogen-bond acceptors (Lipinski definition) is 4. The molecule has 238 valence electrons. The average molecular weight is 884 g/mol. The molecular formula is C43H34O2S2Sn2. The van der Waals surface area contributed by atoms with Gasteiger partial charge in [0.25, 0.3) is 0 Å². The Bertz CT molecular complexity index is 1910. The number of carbonyl (C=O) groups excluding carboxylic acids is 1. The van der Waals surface area contributed by atoms with Crippen molar-refractivity contribution in [2.45, 2.75) is 0 Å². The molecule has 2 nitrogen and oxygen atoms in total. The Morgan fingerprint density at radius 3 is 1.14 bits per heavy atom. The molecule has 6 heteroatoms. The second kappa shape index (κ2) is 15.8. The van der Waals surface area contributed by atoms with Gasteiger partial charge < -0.3 is 0 Å². The van der Waals surface area contributed by atoms with Gasteiger partial charge in [-0.3, -0.25) is 0 Å². The molecule has 0 saturated heterocycles. The molecule has 0 N–H and O–H groups in total. The van der Waals surface area contributed by atoms with Crippen molar-refractivity contribution < 1.29 is 7.87 Å². The number of rotatable bonds is 11. The minimum absolute atomic E-state index is 0.269. The van der Waals surface area contributed by atoms with Crippen LogP contribution in [-0.2, 0) is 7.87 Å². The van der Waals surface area contributed by atoms with Crippen molar-refractivity contribution in [3.8, 4) is 0 Å². The van der Waals surface area contributed by atoms with Gasteiger partial charge in [-0.25, -0.2) is 0 Å². The van der Waals surface area contributed by atoms with Crippen LogP contribution in [0.1, 0.15) is 4.88 Å². The molecule has 1 heterocycles. The summed E-state index contributed by atoms with van der Waals surface area (Å²) in [5.74, 6) is -0.269. The topological polar surface area (TPSA) is 26.3 Å². The van der Waals surface area contributed by atoms with Gasteiger partial charge in [0, 0.05) is 0 Å². The van der Waals surface area contributed by atoms with E-state index in [1.165, 1.54) is 10.7 Å². The van der Waals surface area contributed by atoms with E-state index in [4.69, 9.17) is 3.07 Å². The first kappa shape index (κ1) is 33.7. The fraction of sp³-hybridized carbons (Fsp3) is 0. The summed E-state index contributed by atoms with van der Waals surface area (Å²) < 4.78 is 14.4. The summed E-state index contributed by atoms with van der Waals surface area (Å²) in [5, 5.41) is 2.06. The molecule has 0 aliphatic heterocycles. The van der Waals surface area contributed by atoms with E-state index in [9.17, 15) is 0 Å². The van der Waals surface area contributed by atoms with E-state index in [1.54, 1.807) is 20.3 Å². The van der Waals surface area contributed by atoms with E-state index in [-0.39, 0.29) is 5.97 Å². The van der Waals surface area contributed by atoms with Gasteiger partial charge in [-0.2, -0.15) is 0 Å². The molecule has 0 saturated carbocycles. The maximum absolute atomic E-state index is 15.4. The molecule has 0 aliphatic carbocycles. The van der Waals surface area contributed by atoms with E-state index >= 15 is 4.79 Å². The van der Waals surface area contributed by atoms with Crippen molar-refractivity contribution in [3.05, 3.63) is 209 Å². The molecule has 0 unspecified atom stereocenters. The van der Waals surface area contributed by atoms with Crippen molar-refractivity contribution in [1.82, 2.24) is 0 Å². The Hall–Kier alpha value is -3.82. The SMILES string of the molecule is O=C([O][Sn]([c]1ccccc1)([c]1ccccc1)[c]1ccccc1)/C(=C\c1cccs1)[S][Sn]([c]1ccccc1)([c]1ccccc1)[c]1ccccc1. The molecule has 0 aliphatic rings. The third-order valence-corrected chi connectivity index (χ3v) is 40.5. The number of benzene rings is 6. The summed E-state index contributed by atoms with van der Waals surface area (Å²) in [4.78, 5) is 17.0. The summed E-state index contributed by atoms with van der Waals surface area (Å²) in [5.41, 5.74) is 0. The first-order valence-corrected chi connectivity index (χ1v) is 31.1. The predicted molar refractivity (Wildman–Crippen MR) is 214 cm³/mol. The van der Waals surface area contributed by atoms with Crippen molar-refractivity contribution in [3.63, 3.8) is 0 Å². The third-order valence-electron chi connectivity index (χ3n) is 8.61. The Labute approximate surface area is 303 Å². The Morgan fingerprint density at radius 2 is 0.816 bits per heavy atom. The fourth-order valence-electron chi connectivity index (χ4n) is 6.38. The minimum atomic E-state index is -4.44. The quantitative estimate of drug-likeness (QED) is 0.107. The van der Waals surface area contributed by atoms with Crippen molar-refractivity contribution >= 4 is 89.6 Å². The average Bonchev–Trinajstić information content (AvgIpc) is 3.71. The van der Waals surface area contributed by atoms with Crippen LogP contribution in [0.2, 0.25) is 0 Å². The predicted octanol–water partition coefficient (Wildman–Crippen LogP) is 6.70. The molecular weight excluding hydrogens is 850 g/mol. The van der Waals surface area contributed by atoms with Crippen LogP contribution in [0.15, 0.2) is 204 Å². The third kappa shape index (κ3) is 7.10. The molecule has 6 aromatic carbocycles. The summed E-state index contributed by atoms with van der Waals surface area (Å²) >= 11 is -6.84. The zero-order valence-electron chi connectivity index (χ0n) is 26.8. The van der Waals surface area contributed by atoms with Crippen molar-refractivity contribution in [2.75, 3.05) is 0 Å². The zero-order chi connectivity index (χ0) is 33.4. The molecule has 7 aromatic rings. The summed E-state index contributed by atoms with van der Waals surface area (Å²) in [6, 6.07) is 67.8. The molecule has 49 heavy (non-hydrogen) atoms. The first-order chi connectivity index (χ1) is 24.2. The Balaban J connectivity index is 1.46. The number of hydrogen-bond donors (Lipinski definition) is 0. The van der Waals surface area contributed by atoms with Crippen LogP contribution in [0.25, 0.3) is 6.08 Å². The van der Waals surface area contributed by atoms with Crippen molar-refractivity contribution in [2.24, 2.45) is 0 Å². The van der Waals surface area contributed by atoms with Crippen LogP contribution in [0.3, 0.4) is 0 Å². The van der Waals surface area contributed by atoms with Crippen LogP contribution in [0.4, 0.5) is 0 Å². The van der Waals surface area contributed by atoms with Gasteiger partial charge in [0.15, 0.2) is 0 Å².